The summed E-state index contributed by atoms with van der Waals surface area (Å²) in [6, 6.07) is 18.7. The summed E-state index contributed by atoms with van der Waals surface area (Å²) >= 11 is 9.73. The number of carbonyl (C=O) groups is 1. The van der Waals surface area contributed by atoms with Crippen LogP contribution in [0.1, 0.15) is 33.0 Å². The number of nitrogens with zero attached hydrogens (tertiary/aromatic N) is 1. The molecule has 4 rings (SSSR count). The summed E-state index contributed by atoms with van der Waals surface area (Å²) in [7, 11) is 0. The fourth-order valence-electron chi connectivity index (χ4n) is 3.68. The lowest BCUT2D eigenvalue weighted by atomic mass is 9.98. The standard InChI is InChI=1S/C25H18BrClF3NO2/c1-15-6-7-16-4-2-3-5-20(16)23(15)24(32)31(13-17-8-9-18(26)12-21(17)27)14-19-10-11-22(33-19)25(28,29)30/h2-12H,13-14H2,1H3. The van der Waals surface area contributed by atoms with Crippen LogP contribution in [0.4, 0.5) is 13.2 Å². The van der Waals surface area contributed by atoms with Crippen molar-refractivity contribution in [2.45, 2.75) is 26.2 Å². The number of aryl methyl sites for hydroxylation is 1. The molecule has 0 radical (unpaired) electrons. The summed E-state index contributed by atoms with van der Waals surface area (Å²) < 4.78 is 44.9. The van der Waals surface area contributed by atoms with E-state index in [0.29, 0.717) is 16.1 Å². The molecule has 1 heterocycles. The zero-order valence-electron chi connectivity index (χ0n) is 17.4. The summed E-state index contributed by atoms with van der Waals surface area (Å²) in [5.41, 5.74) is 1.92. The second-order valence-electron chi connectivity index (χ2n) is 7.64. The van der Waals surface area contributed by atoms with Gasteiger partial charge in [-0.3, -0.25) is 4.79 Å². The molecule has 0 saturated carbocycles. The third-order valence-corrected chi connectivity index (χ3v) is 6.15. The van der Waals surface area contributed by atoms with E-state index in [4.69, 9.17) is 16.0 Å². The molecule has 4 aromatic rings. The fourth-order valence-corrected chi connectivity index (χ4v) is 4.41. The number of fused-ring (bicyclic) bond motifs is 1. The molecular formula is C25H18BrClF3NO2. The molecule has 3 nitrogen and oxygen atoms in total. The molecule has 0 aliphatic heterocycles. The second-order valence-corrected chi connectivity index (χ2v) is 8.96. The molecule has 0 aliphatic rings. The van der Waals surface area contributed by atoms with Crippen LogP contribution in [0.5, 0.6) is 0 Å². The van der Waals surface area contributed by atoms with Crippen LogP contribution >= 0.6 is 27.5 Å². The van der Waals surface area contributed by atoms with Gasteiger partial charge in [-0.05, 0) is 53.1 Å². The van der Waals surface area contributed by atoms with E-state index in [0.717, 1.165) is 26.9 Å². The van der Waals surface area contributed by atoms with Crippen LogP contribution in [-0.2, 0) is 19.3 Å². The van der Waals surface area contributed by atoms with Gasteiger partial charge in [0.1, 0.15) is 5.76 Å². The van der Waals surface area contributed by atoms with Crippen LogP contribution < -0.4 is 0 Å². The first-order chi connectivity index (χ1) is 15.6. The molecule has 170 valence electrons. The Morgan fingerprint density at radius 3 is 2.48 bits per heavy atom. The number of benzene rings is 3. The molecule has 3 aromatic carbocycles. The van der Waals surface area contributed by atoms with E-state index >= 15 is 0 Å². The molecule has 0 bridgehead atoms. The van der Waals surface area contributed by atoms with Crippen LogP contribution in [-0.4, -0.2) is 10.8 Å². The third-order valence-electron chi connectivity index (χ3n) is 5.30. The molecule has 0 saturated heterocycles. The van der Waals surface area contributed by atoms with E-state index < -0.39 is 11.9 Å². The highest BCUT2D eigenvalue weighted by atomic mass is 79.9. The van der Waals surface area contributed by atoms with Gasteiger partial charge in [0.25, 0.3) is 5.91 Å². The number of rotatable bonds is 5. The molecule has 0 fully saturated rings. The SMILES string of the molecule is Cc1ccc2ccccc2c1C(=O)N(Cc1ccc(C(F)(F)F)o1)Cc1ccc(Br)cc1Cl. The van der Waals surface area contributed by atoms with E-state index in [1.54, 1.807) is 18.2 Å². The molecule has 33 heavy (non-hydrogen) atoms. The second kappa shape index (κ2) is 9.23. The average molecular weight is 537 g/mol. The van der Waals surface area contributed by atoms with Crippen LogP contribution in [0.2, 0.25) is 5.02 Å². The van der Waals surface area contributed by atoms with Crippen molar-refractivity contribution < 1.29 is 22.4 Å². The maximum Gasteiger partial charge on any atom is 0.449 e. The van der Waals surface area contributed by atoms with E-state index in [1.807, 2.05) is 43.3 Å². The number of hydrogen-bond acceptors (Lipinski definition) is 2. The Morgan fingerprint density at radius 2 is 1.79 bits per heavy atom. The Balaban J connectivity index is 1.76. The number of alkyl halides is 3. The Labute approximate surface area is 201 Å². The van der Waals surface area contributed by atoms with Gasteiger partial charge in [0, 0.05) is 16.0 Å². The molecule has 0 aliphatic carbocycles. The lowest BCUT2D eigenvalue weighted by Gasteiger charge is -2.24. The van der Waals surface area contributed by atoms with Crippen molar-refractivity contribution in [2.24, 2.45) is 0 Å². The maximum atomic E-state index is 13.8. The van der Waals surface area contributed by atoms with Gasteiger partial charge in [-0.25, -0.2) is 0 Å². The van der Waals surface area contributed by atoms with Gasteiger partial charge in [-0.15, -0.1) is 0 Å². The smallest absolute Gasteiger partial charge is 0.449 e. The van der Waals surface area contributed by atoms with Crippen molar-refractivity contribution in [1.29, 1.82) is 0 Å². The van der Waals surface area contributed by atoms with E-state index in [2.05, 4.69) is 15.9 Å². The van der Waals surface area contributed by atoms with Gasteiger partial charge in [-0.1, -0.05) is 70.0 Å². The lowest BCUT2D eigenvalue weighted by molar-refractivity contribution is -0.153. The van der Waals surface area contributed by atoms with Gasteiger partial charge in [0.2, 0.25) is 5.76 Å². The zero-order chi connectivity index (χ0) is 23.8. The first kappa shape index (κ1) is 23.4. The topological polar surface area (TPSA) is 33.5 Å². The molecule has 0 N–H and O–H groups in total. The summed E-state index contributed by atoms with van der Waals surface area (Å²) in [4.78, 5) is 15.2. The minimum atomic E-state index is -4.60. The van der Waals surface area contributed by atoms with Crippen LogP contribution in [0, 0.1) is 6.92 Å². The third kappa shape index (κ3) is 5.09. The van der Waals surface area contributed by atoms with Gasteiger partial charge in [-0.2, -0.15) is 13.2 Å². The van der Waals surface area contributed by atoms with Gasteiger partial charge < -0.3 is 9.32 Å². The summed E-state index contributed by atoms with van der Waals surface area (Å²) in [6.07, 6.45) is -4.60. The Bertz CT molecular complexity index is 1330. The first-order valence-electron chi connectivity index (χ1n) is 10.0. The Morgan fingerprint density at radius 1 is 1.03 bits per heavy atom. The minimum absolute atomic E-state index is 0.0294. The van der Waals surface area contributed by atoms with E-state index in [9.17, 15) is 18.0 Å². The molecule has 1 aromatic heterocycles. The monoisotopic (exact) mass is 535 g/mol. The number of hydrogen-bond donors (Lipinski definition) is 0. The van der Waals surface area contributed by atoms with Crippen molar-refractivity contribution in [2.75, 3.05) is 0 Å². The Hall–Kier alpha value is -2.77. The maximum absolute atomic E-state index is 13.8. The highest BCUT2D eigenvalue weighted by molar-refractivity contribution is 9.10. The summed E-state index contributed by atoms with van der Waals surface area (Å²) in [5.74, 6) is -1.40. The highest BCUT2D eigenvalue weighted by Crippen LogP contribution is 2.32. The van der Waals surface area contributed by atoms with Crippen molar-refractivity contribution in [3.05, 3.63) is 104 Å². The Kier molecular flexibility index (Phi) is 6.54. The van der Waals surface area contributed by atoms with Gasteiger partial charge in [0.15, 0.2) is 0 Å². The van der Waals surface area contributed by atoms with Gasteiger partial charge in [0.05, 0.1) is 12.1 Å². The molecule has 1 amide bonds. The van der Waals surface area contributed by atoms with Crippen LogP contribution in [0.15, 0.2) is 75.6 Å². The number of amides is 1. The van der Waals surface area contributed by atoms with Crippen LogP contribution in [0.25, 0.3) is 10.8 Å². The van der Waals surface area contributed by atoms with E-state index in [-0.39, 0.29) is 24.8 Å². The first-order valence-corrected chi connectivity index (χ1v) is 11.2. The molecule has 0 spiro atoms. The molecule has 8 heteroatoms. The normalized spacial score (nSPS) is 11.7. The van der Waals surface area contributed by atoms with Crippen molar-refractivity contribution >= 4 is 44.2 Å². The number of carbonyl (C=O) groups excluding carboxylic acids is 1. The lowest BCUT2D eigenvalue weighted by Crippen LogP contribution is -2.31. The summed E-state index contributed by atoms with van der Waals surface area (Å²) in [6.45, 7) is 1.78. The summed E-state index contributed by atoms with van der Waals surface area (Å²) in [5, 5.41) is 2.10. The van der Waals surface area contributed by atoms with E-state index in [1.165, 1.54) is 11.0 Å². The quantitative estimate of drug-likeness (QED) is 0.259. The number of furan rings is 1. The van der Waals surface area contributed by atoms with Gasteiger partial charge >= 0.3 is 6.18 Å². The number of halogens is 5. The molecule has 0 atom stereocenters. The average Bonchev–Trinajstić information content (AvgIpc) is 3.24. The minimum Gasteiger partial charge on any atom is -0.455 e. The van der Waals surface area contributed by atoms with Crippen molar-refractivity contribution in [3.63, 3.8) is 0 Å². The zero-order valence-corrected chi connectivity index (χ0v) is 19.8. The van der Waals surface area contributed by atoms with Crippen molar-refractivity contribution in [3.8, 4) is 0 Å². The predicted molar refractivity (Wildman–Crippen MR) is 125 cm³/mol. The largest absolute Gasteiger partial charge is 0.455 e. The molecular weight excluding hydrogens is 519 g/mol. The molecule has 0 unspecified atom stereocenters. The highest BCUT2D eigenvalue weighted by Gasteiger charge is 2.35. The van der Waals surface area contributed by atoms with Crippen molar-refractivity contribution in [1.82, 2.24) is 4.90 Å². The fraction of sp³-hybridized carbons (Fsp3) is 0.160. The predicted octanol–water partition coefficient (Wildman–Crippen LogP) is 8.02. The van der Waals surface area contributed by atoms with Crippen LogP contribution in [0.3, 0.4) is 0 Å².